The molecule has 7 nitrogen and oxygen atoms in total. The third-order valence-corrected chi connectivity index (χ3v) is 3.51. The first kappa shape index (κ1) is 17.4. The summed E-state index contributed by atoms with van der Waals surface area (Å²) in [4.78, 5) is 10.6. The SMILES string of the molecule is [C-]#[N+]Cn1ncc2c(Nc3ncc(C(F)(F)F)c(NC)n3)cc(F)cc21. The van der Waals surface area contributed by atoms with Crippen molar-refractivity contribution in [3.05, 3.63) is 47.3 Å². The first-order chi connectivity index (χ1) is 12.3. The van der Waals surface area contributed by atoms with Crippen LogP contribution in [-0.2, 0) is 12.8 Å². The van der Waals surface area contributed by atoms with Crippen LogP contribution in [0.4, 0.5) is 35.0 Å². The van der Waals surface area contributed by atoms with Gasteiger partial charge >= 0.3 is 12.8 Å². The summed E-state index contributed by atoms with van der Waals surface area (Å²) in [6.45, 7) is 6.80. The zero-order valence-corrected chi connectivity index (χ0v) is 13.3. The van der Waals surface area contributed by atoms with Gasteiger partial charge in [-0.2, -0.15) is 27.9 Å². The van der Waals surface area contributed by atoms with Crippen LogP contribution >= 0.6 is 0 Å². The summed E-state index contributed by atoms with van der Waals surface area (Å²) in [5, 5.41) is 9.54. The minimum absolute atomic E-state index is 0.0902. The molecule has 0 bridgehead atoms. The number of benzene rings is 1. The molecule has 0 aliphatic rings. The number of alkyl halides is 3. The fraction of sp³-hybridized carbons (Fsp3) is 0.200. The molecule has 0 aliphatic carbocycles. The van der Waals surface area contributed by atoms with E-state index in [1.807, 2.05) is 0 Å². The number of anilines is 3. The second-order valence-corrected chi connectivity index (χ2v) is 5.16. The van der Waals surface area contributed by atoms with E-state index in [-0.39, 0.29) is 18.3 Å². The predicted octanol–water partition coefficient (Wildman–Crippen LogP) is 3.65. The largest absolute Gasteiger partial charge is 0.421 e. The Morgan fingerprint density at radius 1 is 1.27 bits per heavy atom. The maximum absolute atomic E-state index is 13.9. The maximum Gasteiger partial charge on any atom is 0.421 e. The Labute approximate surface area is 144 Å². The van der Waals surface area contributed by atoms with Crippen LogP contribution in [-0.4, -0.2) is 26.8 Å². The molecule has 134 valence electrons. The lowest BCUT2D eigenvalue weighted by atomic mass is 10.2. The topological polar surface area (TPSA) is 72.0 Å². The first-order valence-electron chi connectivity index (χ1n) is 7.20. The highest BCUT2D eigenvalue weighted by Gasteiger charge is 2.35. The summed E-state index contributed by atoms with van der Waals surface area (Å²) in [6.07, 6.45) is -2.55. The first-order valence-corrected chi connectivity index (χ1v) is 7.20. The van der Waals surface area contributed by atoms with E-state index in [0.717, 1.165) is 6.07 Å². The molecule has 0 radical (unpaired) electrons. The molecule has 0 saturated heterocycles. The fourth-order valence-corrected chi connectivity index (χ4v) is 2.39. The highest BCUT2D eigenvalue weighted by atomic mass is 19.4. The lowest BCUT2D eigenvalue weighted by Gasteiger charge is -2.13. The summed E-state index contributed by atoms with van der Waals surface area (Å²) in [7, 11) is 1.30. The molecular formula is C15H11F4N7. The van der Waals surface area contributed by atoms with Gasteiger partial charge in [0.15, 0.2) is 0 Å². The number of aromatic nitrogens is 4. The molecule has 2 aromatic heterocycles. The monoisotopic (exact) mass is 365 g/mol. The van der Waals surface area contributed by atoms with E-state index in [4.69, 9.17) is 6.57 Å². The number of hydrogen-bond acceptors (Lipinski definition) is 5. The molecule has 0 spiro atoms. The van der Waals surface area contributed by atoms with Crippen LogP contribution in [0.5, 0.6) is 0 Å². The van der Waals surface area contributed by atoms with Crippen LogP contribution in [0.25, 0.3) is 15.7 Å². The van der Waals surface area contributed by atoms with E-state index in [0.29, 0.717) is 17.1 Å². The molecule has 3 aromatic rings. The molecule has 0 unspecified atom stereocenters. The highest BCUT2D eigenvalue weighted by molar-refractivity contribution is 5.92. The Morgan fingerprint density at radius 2 is 2.04 bits per heavy atom. The van der Waals surface area contributed by atoms with Gasteiger partial charge in [-0.15, -0.1) is 0 Å². The lowest BCUT2D eigenvalue weighted by Crippen LogP contribution is -2.12. The van der Waals surface area contributed by atoms with Crippen LogP contribution < -0.4 is 10.6 Å². The smallest absolute Gasteiger partial charge is 0.372 e. The quantitative estimate of drug-likeness (QED) is 0.546. The predicted molar refractivity (Wildman–Crippen MR) is 86.2 cm³/mol. The van der Waals surface area contributed by atoms with Crippen LogP contribution in [0.2, 0.25) is 0 Å². The Kier molecular flexibility index (Phi) is 4.33. The molecule has 3 rings (SSSR count). The van der Waals surface area contributed by atoms with Crippen LogP contribution in [0.15, 0.2) is 24.5 Å². The summed E-state index contributed by atoms with van der Waals surface area (Å²) in [5.74, 6) is -1.16. The van der Waals surface area contributed by atoms with E-state index in [2.05, 4.69) is 30.5 Å². The van der Waals surface area contributed by atoms with Crippen LogP contribution in [0.1, 0.15) is 5.56 Å². The molecule has 2 heterocycles. The summed E-state index contributed by atoms with van der Waals surface area (Å²) in [6, 6.07) is 2.36. The number of hydrogen-bond donors (Lipinski definition) is 2. The van der Waals surface area contributed by atoms with Crippen molar-refractivity contribution in [1.82, 2.24) is 19.7 Å². The van der Waals surface area contributed by atoms with Crippen molar-refractivity contribution in [3.8, 4) is 0 Å². The van der Waals surface area contributed by atoms with Crippen molar-refractivity contribution in [2.75, 3.05) is 17.7 Å². The van der Waals surface area contributed by atoms with Gasteiger partial charge in [-0.05, 0) is 6.07 Å². The molecule has 0 amide bonds. The number of rotatable bonds is 4. The van der Waals surface area contributed by atoms with Gasteiger partial charge < -0.3 is 10.6 Å². The molecule has 1 aromatic carbocycles. The number of nitrogens with zero attached hydrogens (tertiary/aromatic N) is 5. The lowest BCUT2D eigenvalue weighted by molar-refractivity contribution is -0.137. The standard InChI is InChI=1S/C15H11F4N7/c1-20-7-26-12-4-8(16)3-11(9(12)5-23-26)24-14-22-6-10(15(17,18)19)13(21-2)25-14/h3-6H,7H2,2H3,(H2,21,22,24,25). The minimum atomic E-state index is -4.61. The molecule has 0 atom stereocenters. The maximum atomic E-state index is 13.9. The third-order valence-electron chi connectivity index (χ3n) is 3.51. The molecule has 0 fully saturated rings. The molecule has 0 saturated carbocycles. The summed E-state index contributed by atoms with van der Waals surface area (Å²) < 4.78 is 53.9. The second-order valence-electron chi connectivity index (χ2n) is 5.16. The van der Waals surface area contributed by atoms with E-state index < -0.39 is 23.4 Å². The zero-order chi connectivity index (χ0) is 18.9. The van der Waals surface area contributed by atoms with Crippen molar-refractivity contribution in [2.24, 2.45) is 0 Å². The van der Waals surface area contributed by atoms with Gasteiger partial charge in [0.05, 0.1) is 17.4 Å². The Hall–Kier alpha value is -3.42. The van der Waals surface area contributed by atoms with Crippen LogP contribution in [0, 0.1) is 12.4 Å². The van der Waals surface area contributed by atoms with Crippen LogP contribution in [0.3, 0.4) is 0 Å². The van der Waals surface area contributed by atoms with Crippen molar-refractivity contribution < 1.29 is 17.6 Å². The Morgan fingerprint density at radius 3 is 2.69 bits per heavy atom. The third kappa shape index (κ3) is 3.21. The Bertz CT molecular complexity index is 1000. The molecular weight excluding hydrogens is 354 g/mol. The van der Waals surface area contributed by atoms with Crippen molar-refractivity contribution in [1.29, 1.82) is 0 Å². The fourth-order valence-electron chi connectivity index (χ4n) is 2.39. The molecule has 2 N–H and O–H groups in total. The van der Waals surface area contributed by atoms with Gasteiger partial charge in [0.1, 0.15) is 17.2 Å². The molecule has 11 heteroatoms. The number of halogens is 4. The van der Waals surface area contributed by atoms with E-state index >= 15 is 0 Å². The van der Waals surface area contributed by atoms with Gasteiger partial charge in [-0.1, -0.05) is 0 Å². The van der Waals surface area contributed by atoms with Gasteiger partial charge in [-0.3, -0.25) is 4.85 Å². The van der Waals surface area contributed by atoms with Gasteiger partial charge in [-0.25, -0.2) is 15.9 Å². The minimum Gasteiger partial charge on any atom is -0.372 e. The summed E-state index contributed by atoms with van der Waals surface area (Å²) >= 11 is 0. The van der Waals surface area contributed by atoms with Crippen molar-refractivity contribution in [3.63, 3.8) is 0 Å². The zero-order valence-electron chi connectivity index (χ0n) is 13.3. The number of fused-ring (bicyclic) bond motifs is 1. The Balaban J connectivity index is 2.03. The van der Waals surface area contributed by atoms with Crippen molar-refractivity contribution in [2.45, 2.75) is 12.8 Å². The average Bonchev–Trinajstić information content (AvgIpc) is 2.97. The summed E-state index contributed by atoms with van der Waals surface area (Å²) in [5.41, 5.74) is -0.429. The van der Waals surface area contributed by atoms with Gasteiger partial charge in [0.25, 0.3) is 0 Å². The molecule has 0 aliphatic heterocycles. The van der Waals surface area contributed by atoms with Gasteiger partial charge in [0.2, 0.25) is 5.95 Å². The molecule has 26 heavy (non-hydrogen) atoms. The van der Waals surface area contributed by atoms with Gasteiger partial charge in [0, 0.05) is 24.7 Å². The highest BCUT2D eigenvalue weighted by Crippen LogP contribution is 2.34. The average molecular weight is 365 g/mol. The second kappa shape index (κ2) is 6.47. The number of nitrogens with one attached hydrogen (secondary N) is 2. The normalized spacial score (nSPS) is 11.4. The van der Waals surface area contributed by atoms with E-state index in [1.54, 1.807) is 0 Å². The van der Waals surface area contributed by atoms with E-state index in [1.165, 1.54) is 24.0 Å². The van der Waals surface area contributed by atoms with Crippen molar-refractivity contribution >= 4 is 28.4 Å². The van der Waals surface area contributed by atoms with E-state index in [9.17, 15) is 17.6 Å².